The Morgan fingerprint density at radius 3 is 2.79 bits per heavy atom. The fourth-order valence-electron chi connectivity index (χ4n) is 3.81. The van der Waals surface area contributed by atoms with Crippen LogP contribution in [0.2, 0.25) is 0 Å². The molecule has 7 heteroatoms. The average Bonchev–Trinajstić information content (AvgIpc) is 3.25. The van der Waals surface area contributed by atoms with Crippen LogP contribution < -0.4 is 0 Å². The summed E-state index contributed by atoms with van der Waals surface area (Å²) in [6, 6.07) is 10.5. The number of benzene rings is 1. The second kappa shape index (κ2) is 9.35. The number of aliphatic hydroxyl groups is 2. The quantitative estimate of drug-likeness (QED) is 0.590. The van der Waals surface area contributed by atoms with Crippen LogP contribution in [0, 0.1) is 11.8 Å². The number of carboxylic acids is 1. The molecule has 4 atom stereocenters. The maximum atomic E-state index is 12.4. The first-order valence-electron chi connectivity index (χ1n) is 9.72. The second-order valence-electron chi connectivity index (χ2n) is 7.55. The van der Waals surface area contributed by atoms with E-state index in [-0.39, 0.29) is 43.0 Å². The van der Waals surface area contributed by atoms with Crippen LogP contribution in [0.25, 0.3) is 0 Å². The SMILES string of the molecule is CC(O)c1cccc(CC[C@H]2C(=O)CC(O)[C@@H]2COCc2ccc(C(=O)O)o2)c1. The third-order valence-electron chi connectivity index (χ3n) is 5.44. The molecule has 1 fully saturated rings. The van der Waals surface area contributed by atoms with Gasteiger partial charge in [0.2, 0.25) is 5.76 Å². The van der Waals surface area contributed by atoms with Gasteiger partial charge < -0.3 is 24.5 Å². The molecule has 1 aliphatic rings. The predicted octanol–water partition coefficient (Wildman–Crippen LogP) is 2.75. The Morgan fingerprint density at radius 2 is 2.10 bits per heavy atom. The zero-order chi connectivity index (χ0) is 21.0. The molecule has 3 N–H and O–H groups in total. The van der Waals surface area contributed by atoms with Gasteiger partial charge in [0.05, 0.1) is 18.8 Å². The largest absolute Gasteiger partial charge is 0.475 e. The number of carbonyl (C=O) groups excluding carboxylic acids is 1. The van der Waals surface area contributed by atoms with Gasteiger partial charge in [-0.1, -0.05) is 24.3 Å². The summed E-state index contributed by atoms with van der Waals surface area (Å²) < 4.78 is 10.8. The lowest BCUT2D eigenvalue weighted by Gasteiger charge is -2.21. The summed E-state index contributed by atoms with van der Waals surface area (Å²) in [5, 5.41) is 28.9. The van der Waals surface area contributed by atoms with Crippen molar-refractivity contribution in [3.63, 3.8) is 0 Å². The number of ether oxygens (including phenoxy) is 1. The molecule has 1 heterocycles. The number of aromatic carboxylic acids is 1. The lowest BCUT2D eigenvalue weighted by molar-refractivity contribution is -0.121. The third-order valence-corrected chi connectivity index (χ3v) is 5.44. The molecule has 2 aromatic rings. The Kier molecular flexibility index (Phi) is 6.84. The predicted molar refractivity (Wildman–Crippen MR) is 103 cm³/mol. The Labute approximate surface area is 168 Å². The number of hydrogen-bond acceptors (Lipinski definition) is 6. The first-order chi connectivity index (χ1) is 13.8. The lowest BCUT2D eigenvalue weighted by atomic mass is 9.89. The summed E-state index contributed by atoms with van der Waals surface area (Å²) in [4.78, 5) is 23.2. The molecule has 1 saturated carbocycles. The molecule has 156 valence electrons. The number of furan rings is 1. The van der Waals surface area contributed by atoms with Gasteiger partial charge >= 0.3 is 5.97 Å². The van der Waals surface area contributed by atoms with E-state index in [1.54, 1.807) is 6.92 Å². The summed E-state index contributed by atoms with van der Waals surface area (Å²) in [7, 11) is 0. The van der Waals surface area contributed by atoms with Crippen molar-refractivity contribution in [1.82, 2.24) is 0 Å². The maximum Gasteiger partial charge on any atom is 0.371 e. The van der Waals surface area contributed by atoms with Gasteiger partial charge in [0.15, 0.2) is 0 Å². The van der Waals surface area contributed by atoms with E-state index in [0.29, 0.717) is 18.6 Å². The minimum Gasteiger partial charge on any atom is -0.475 e. The highest BCUT2D eigenvalue weighted by Gasteiger charge is 2.41. The van der Waals surface area contributed by atoms with Gasteiger partial charge in [-0.2, -0.15) is 0 Å². The number of rotatable bonds is 9. The molecule has 1 aromatic carbocycles. The Morgan fingerprint density at radius 1 is 1.31 bits per heavy atom. The molecule has 3 rings (SSSR count). The zero-order valence-corrected chi connectivity index (χ0v) is 16.3. The van der Waals surface area contributed by atoms with Crippen molar-refractivity contribution < 1.29 is 34.1 Å². The van der Waals surface area contributed by atoms with Crippen LogP contribution in [0.3, 0.4) is 0 Å². The summed E-state index contributed by atoms with van der Waals surface area (Å²) in [5.41, 5.74) is 1.87. The van der Waals surface area contributed by atoms with E-state index < -0.39 is 18.2 Å². The number of carboxylic acid groups (broad SMARTS) is 1. The molecular weight excluding hydrogens is 376 g/mol. The van der Waals surface area contributed by atoms with E-state index in [4.69, 9.17) is 14.3 Å². The molecule has 1 aliphatic carbocycles. The molecule has 1 aromatic heterocycles. The van der Waals surface area contributed by atoms with Crippen molar-refractivity contribution in [2.75, 3.05) is 6.61 Å². The first-order valence-corrected chi connectivity index (χ1v) is 9.72. The van der Waals surface area contributed by atoms with Crippen LogP contribution in [-0.4, -0.2) is 39.8 Å². The minimum absolute atomic E-state index is 0.0314. The molecule has 0 amide bonds. The second-order valence-corrected chi connectivity index (χ2v) is 7.55. The molecule has 0 spiro atoms. The number of aryl methyl sites for hydroxylation is 1. The van der Waals surface area contributed by atoms with Crippen LogP contribution >= 0.6 is 0 Å². The average molecular weight is 402 g/mol. The highest BCUT2D eigenvalue weighted by Crippen LogP contribution is 2.33. The molecule has 29 heavy (non-hydrogen) atoms. The number of ketones is 1. The van der Waals surface area contributed by atoms with Gasteiger partial charge in [-0.15, -0.1) is 0 Å². The van der Waals surface area contributed by atoms with Crippen molar-refractivity contribution in [3.8, 4) is 0 Å². The van der Waals surface area contributed by atoms with Gasteiger partial charge in [-0.25, -0.2) is 4.79 Å². The molecular formula is C22H26O7. The minimum atomic E-state index is -1.15. The smallest absolute Gasteiger partial charge is 0.371 e. The van der Waals surface area contributed by atoms with Crippen molar-refractivity contribution >= 4 is 11.8 Å². The van der Waals surface area contributed by atoms with Crippen LogP contribution in [0.1, 0.15) is 53.3 Å². The van der Waals surface area contributed by atoms with E-state index in [1.165, 1.54) is 12.1 Å². The van der Waals surface area contributed by atoms with E-state index in [2.05, 4.69) is 0 Å². The molecule has 0 aliphatic heterocycles. The van der Waals surface area contributed by atoms with Crippen molar-refractivity contribution in [1.29, 1.82) is 0 Å². The molecule has 0 saturated heterocycles. The zero-order valence-electron chi connectivity index (χ0n) is 16.3. The fourth-order valence-corrected chi connectivity index (χ4v) is 3.81. The van der Waals surface area contributed by atoms with E-state index in [1.807, 2.05) is 24.3 Å². The topological polar surface area (TPSA) is 117 Å². The number of hydrogen-bond donors (Lipinski definition) is 3. The number of carbonyl (C=O) groups is 2. The van der Waals surface area contributed by atoms with Gasteiger partial charge in [0.25, 0.3) is 0 Å². The summed E-state index contributed by atoms with van der Waals surface area (Å²) in [6.07, 6.45) is 0.0880. The van der Waals surface area contributed by atoms with Gasteiger partial charge in [0, 0.05) is 18.3 Å². The van der Waals surface area contributed by atoms with Gasteiger partial charge in [0.1, 0.15) is 18.2 Å². The van der Waals surface area contributed by atoms with Crippen molar-refractivity contribution in [2.45, 2.75) is 45.0 Å². The Hall–Kier alpha value is -2.48. The van der Waals surface area contributed by atoms with Crippen LogP contribution in [0.4, 0.5) is 0 Å². The Bertz CT molecular complexity index is 854. The summed E-state index contributed by atoms with van der Waals surface area (Å²) in [5.74, 6) is -1.50. The van der Waals surface area contributed by atoms with E-state index >= 15 is 0 Å². The molecule has 2 unspecified atom stereocenters. The van der Waals surface area contributed by atoms with Crippen LogP contribution in [-0.2, 0) is 22.6 Å². The highest BCUT2D eigenvalue weighted by atomic mass is 16.5. The molecule has 0 bridgehead atoms. The number of Topliss-reactive ketones (excluding diaryl/α,β-unsaturated/α-hetero) is 1. The monoisotopic (exact) mass is 402 g/mol. The van der Waals surface area contributed by atoms with E-state index in [0.717, 1.165) is 11.1 Å². The molecule has 0 radical (unpaired) electrons. The van der Waals surface area contributed by atoms with Gasteiger partial charge in [-0.05, 0) is 43.0 Å². The van der Waals surface area contributed by atoms with Gasteiger partial charge in [-0.3, -0.25) is 4.79 Å². The maximum absolute atomic E-state index is 12.4. The van der Waals surface area contributed by atoms with E-state index in [9.17, 15) is 19.8 Å². The normalized spacial score (nSPS) is 22.7. The highest BCUT2D eigenvalue weighted by molar-refractivity contribution is 5.84. The summed E-state index contributed by atoms with van der Waals surface area (Å²) >= 11 is 0. The molecule has 7 nitrogen and oxygen atoms in total. The van der Waals surface area contributed by atoms with Crippen molar-refractivity contribution in [3.05, 3.63) is 59.0 Å². The Balaban J connectivity index is 1.56. The lowest BCUT2D eigenvalue weighted by Crippen LogP contribution is -2.26. The summed E-state index contributed by atoms with van der Waals surface area (Å²) in [6.45, 7) is 1.98. The third kappa shape index (κ3) is 5.32. The standard InChI is InChI=1S/C22H26O7/c1-13(23)15-4-2-3-14(9-15)5-7-17-18(20(25)10-19(17)24)12-28-11-16-6-8-21(29-16)22(26)27/h2-4,6,8-9,13,17-18,20,23,25H,5,7,10-12H2,1H3,(H,26,27)/t13?,17-,18-,20?/m1/s1. The number of aliphatic hydroxyl groups excluding tert-OH is 2. The van der Waals surface area contributed by atoms with Crippen LogP contribution in [0.5, 0.6) is 0 Å². The van der Waals surface area contributed by atoms with Crippen molar-refractivity contribution in [2.24, 2.45) is 11.8 Å². The van der Waals surface area contributed by atoms with Crippen LogP contribution in [0.15, 0.2) is 40.8 Å². The fraction of sp³-hybridized carbons (Fsp3) is 0.455. The first kappa shape index (κ1) is 21.2.